The molecule has 0 aliphatic heterocycles. The fourth-order valence-electron chi connectivity index (χ4n) is 2.27. The van der Waals surface area contributed by atoms with Crippen molar-refractivity contribution in [1.29, 1.82) is 0 Å². The van der Waals surface area contributed by atoms with Gasteiger partial charge in [-0.25, -0.2) is 0 Å². The minimum atomic E-state index is -2.67. The average Bonchev–Trinajstić information content (AvgIpc) is 2.30. The van der Waals surface area contributed by atoms with Gasteiger partial charge >= 0.3 is 114 Å². The number of hydrogen-bond acceptors (Lipinski definition) is 2. The van der Waals surface area contributed by atoms with Crippen LogP contribution >= 0.6 is 0 Å². The Balaban J connectivity index is 4.25. The third-order valence-electron chi connectivity index (χ3n) is 3.14. The molecule has 0 heterocycles. The van der Waals surface area contributed by atoms with Gasteiger partial charge in [0.2, 0.25) is 0 Å². The molecule has 0 rings (SSSR count). The Morgan fingerprint density at radius 3 is 1.35 bits per heavy atom. The molecule has 0 N–H and O–H groups in total. The van der Waals surface area contributed by atoms with Gasteiger partial charge in [0, 0.05) is 0 Å². The zero-order valence-corrected chi connectivity index (χ0v) is 15.2. The van der Waals surface area contributed by atoms with Crippen LogP contribution in [0.5, 0.6) is 0 Å². The summed E-state index contributed by atoms with van der Waals surface area (Å²) in [7, 11) is 0. The Kier molecular flexibility index (Phi) is 12.3. The van der Waals surface area contributed by atoms with Gasteiger partial charge in [-0.2, -0.15) is 0 Å². The van der Waals surface area contributed by atoms with Gasteiger partial charge in [0.05, 0.1) is 0 Å². The van der Waals surface area contributed by atoms with Gasteiger partial charge in [-0.15, -0.1) is 0 Å². The topological polar surface area (TPSA) is 18.5 Å². The summed E-state index contributed by atoms with van der Waals surface area (Å²) in [5.74, 6) is 0. The van der Waals surface area contributed by atoms with Gasteiger partial charge in [0.1, 0.15) is 0 Å². The van der Waals surface area contributed by atoms with Crippen LogP contribution in [0, 0.1) is 0 Å². The van der Waals surface area contributed by atoms with Gasteiger partial charge < -0.3 is 0 Å². The molecule has 2 nitrogen and oxygen atoms in total. The molecule has 0 atom stereocenters. The molecule has 104 valence electrons. The predicted molar refractivity (Wildman–Crippen MR) is 77.7 cm³/mol. The number of rotatable bonds is 12. The number of hydrogen-bond donors (Lipinski definition) is 0. The van der Waals surface area contributed by atoms with Crippen LogP contribution in [0.4, 0.5) is 0 Å². The van der Waals surface area contributed by atoms with Crippen LogP contribution in [0.2, 0.25) is 8.87 Å². The molecule has 0 spiro atoms. The monoisotopic (exact) mass is 352 g/mol. The zero-order valence-electron chi connectivity index (χ0n) is 12.4. The van der Waals surface area contributed by atoms with E-state index in [0.717, 1.165) is 13.2 Å². The summed E-state index contributed by atoms with van der Waals surface area (Å²) in [6.07, 6.45) is 7.83. The van der Waals surface area contributed by atoms with Gasteiger partial charge in [-0.05, 0) is 0 Å². The van der Waals surface area contributed by atoms with Crippen LogP contribution in [-0.2, 0) is 6.15 Å². The first-order valence-corrected chi connectivity index (χ1v) is 13.9. The van der Waals surface area contributed by atoms with Crippen LogP contribution in [0.1, 0.15) is 66.2 Å². The van der Waals surface area contributed by atoms with E-state index in [4.69, 9.17) is 6.15 Å². The van der Waals surface area contributed by atoms with E-state index in [-0.39, 0.29) is 0 Å². The van der Waals surface area contributed by atoms with Crippen LogP contribution in [0.25, 0.3) is 0 Å². The molecule has 0 saturated heterocycles. The van der Waals surface area contributed by atoms with Crippen LogP contribution in [0.3, 0.4) is 0 Å². The maximum atomic E-state index is 6.15. The Hall–Kier alpha value is 0.719. The van der Waals surface area contributed by atoms with E-state index in [9.17, 15) is 0 Å². The summed E-state index contributed by atoms with van der Waals surface area (Å²) in [4.78, 5) is 0. The van der Waals surface area contributed by atoms with Crippen molar-refractivity contribution in [2.75, 3.05) is 13.2 Å². The van der Waals surface area contributed by atoms with Crippen molar-refractivity contribution >= 4 is 19.2 Å². The van der Waals surface area contributed by atoms with Crippen molar-refractivity contribution in [3.63, 3.8) is 0 Å². The molecule has 0 aromatic heterocycles. The zero-order chi connectivity index (χ0) is 13.0. The molecule has 0 bridgehead atoms. The molecular formula is C14H32O2Sn. The van der Waals surface area contributed by atoms with Gasteiger partial charge in [-0.3, -0.25) is 0 Å². The van der Waals surface area contributed by atoms with Crippen molar-refractivity contribution in [3.8, 4) is 0 Å². The second-order valence-corrected chi connectivity index (χ2v) is 14.4. The van der Waals surface area contributed by atoms with E-state index in [0.29, 0.717) is 0 Å². The van der Waals surface area contributed by atoms with E-state index in [1.54, 1.807) is 0 Å². The average molecular weight is 351 g/mol. The molecular weight excluding hydrogens is 319 g/mol. The fourth-order valence-corrected chi connectivity index (χ4v) is 12.4. The van der Waals surface area contributed by atoms with Crippen molar-refractivity contribution in [2.45, 2.75) is 75.1 Å². The summed E-state index contributed by atoms with van der Waals surface area (Å²) in [6, 6.07) is 0. The Morgan fingerprint density at radius 1 is 0.647 bits per heavy atom. The second-order valence-electron chi connectivity index (χ2n) is 4.69. The summed E-state index contributed by atoms with van der Waals surface area (Å²) >= 11 is -2.67. The standard InChI is InChI=1S/2C5H11.2C2H5O.Sn/c2*1-3-5-4-2;2*1-2-3;/h2*1,3-5H2,2H3;2*2H2,1H3;/q;;2*-1;+2. The van der Waals surface area contributed by atoms with E-state index >= 15 is 0 Å². The normalized spacial score (nSPS) is 12.0. The Morgan fingerprint density at radius 2 is 1.06 bits per heavy atom. The summed E-state index contributed by atoms with van der Waals surface area (Å²) in [5.41, 5.74) is 0. The molecule has 0 aliphatic carbocycles. The summed E-state index contributed by atoms with van der Waals surface area (Å²) in [5, 5.41) is 0. The second kappa shape index (κ2) is 11.8. The predicted octanol–water partition coefficient (Wildman–Crippen LogP) is 4.88. The van der Waals surface area contributed by atoms with Crippen molar-refractivity contribution in [3.05, 3.63) is 0 Å². The van der Waals surface area contributed by atoms with Crippen LogP contribution in [0.15, 0.2) is 0 Å². The molecule has 0 radical (unpaired) electrons. The summed E-state index contributed by atoms with van der Waals surface area (Å²) < 4.78 is 14.8. The van der Waals surface area contributed by atoms with E-state index in [1.165, 1.54) is 47.4 Å². The van der Waals surface area contributed by atoms with E-state index < -0.39 is 19.2 Å². The van der Waals surface area contributed by atoms with Crippen LogP contribution in [-0.4, -0.2) is 32.4 Å². The van der Waals surface area contributed by atoms with Crippen molar-refractivity contribution in [2.24, 2.45) is 0 Å². The van der Waals surface area contributed by atoms with E-state index in [2.05, 4.69) is 27.7 Å². The van der Waals surface area contributed by atoms with Gasteiger partial charge in [0.15, 0.2) is 0 Å². The Labute approximate surface area is 113 Å². The van der Waals surface area contributed by atoms with Gasteiger partial charge in [0.25, 0.3) is 0 Å². The fraction of sp³-hybridized carbons (Fsp3) is 1.00. The molecule has 0 aromatic rings. The number of unbranched alkanes of at least 4 members (excludes halogenated alkanes) is 4. The molecule has 3 heteroatoms. The SMILES string of the molecule is CCCC[CH2][Sn]([CH2]CCCC)([O]CC)[O]CC. The first-order valence-electron chi connectivity index (χ1n) is 7.52. The quantitative estimate of drug-likeness (QED) is 0.369. The third-order valence-corrected chi connectivity index (χ3v) is 14.2. The van der Waals surface area contributed by atoms with Crippen molar-refractivity contribution in [1.82, 2.24) is 0 Å². The summed E-state index contributed by atoms with van der Waals surface area (Å²) in [6.45, 7) is 10.4. The molecule has 0 amide bonds. The maximum absolute atomic E-state index is 6.15. The van der Waals surface area contributed by atoms with E-state index in [1.807, 2.05) is 0 Å². The molecule has 0 unspecified atom stereocenters. The molecule has 0 aromatic carbocycles. The molecule has 0 saturated carbocycles. The van der Waals surface area contributed by atoms with Crippen LogP contribution < -0.4 is 0 Å². The Bertz CT molecular complexity index is 144. The third kappa shape index (κ3) is 8.44. The minimum absolute atomic E-state index is 0.842. The molecule has 0 fully saturated rings. The van der Waals surface area contributed by atoms with Gasteiger partial charge in [-0.1, -0.05) is 0 Å². The first kappa shape index (κ1) is 17.7. The molecule has 17 heavy (non-hydrogen) atoms. The van der Waals surface area contributed by atoms with Crippen molar-refractivity contribution < 1.29 is 6.15 Å². The molecule has 0 aliphatic rings. The first-order chi connectivity index (χ1) is 8.24.